The Kier molecular flexibility index (Phi) is 4.99. The zero-order chi connectivity index (χ0) is 18.8. The Bertz CT molecular complexity index is 860. The van der Waals surface area contributed by atoms with Gasteiger partial charge in [-0.25, -0.2) is 4.39 Å². The predicted molar refractivity (Wildman–Crippen MR) is 108 cm³/mol. The number of aryl methyl sites for hydroxylation is 2. The molecule has 134 valence electrons. The Morgan fingerprint density at radius 1 is 1.23 bits per heavy atom. The van der Waals surface area contributed by atoms with Crippen LogP contribution in [0.15, 0.2) is 66.9 Å². The molecule has 2 aromatic carbocycles. The van der Waals surface area contributed by atoms with Crippen LogP contribution in [0, 0.1) is 19.7 Å². The molecule has 1 atom stereocenters. The SMILES string of the molecule is C=C(N/C(=C/C)C(=C)C1Cc2ccccc2N1)c1c(C)cc(C)cc1F. The van der Waals surface area contributed by atoms with Crippen molar-refractivity contribution in [2.45, 2.75) is 33.2 Å². The molecule has 0 saturated heterocycles. The van der Waals surface area contributed by atoms with Crippen LogP contribution in [0.1, 0.15) is 29.2 Å². The van der Waals surface area contributed by atoms with E-state index in [4.69, 9.17) is 0 Å². The smallest absolute Gasteiger partial charge is 0.133 e. The standard InChI is InChI=1S/C23H25FN2/c1-6-20(16(4)22-13-18-9-7-8-10-21(18)26-22)25-17(5)23-15(3)11-14(2)12-19(23)24/h6-12,22,25-26H,4-5,13H2,1-3H3/b20-6+. The first-order valence-corrected chi connectivity index (χ1v) is 8.83. The fraction of sp³-hybridized carbons (Fsp3) is 0.217. The maximum absolute atomic E-state index is 14.4. The first kappa shape index (κ1) is 18.0. The number of para-hydroxylation sites is 1. The molecule has 3 rings (SSSR count). The van der Waals surface area contributed by atoms with Crippen LogP contribution < -0.4 is 10.6 Å². The van der Waals surface area contributed by atoms with Gasteiger partial charge in [0, 0.05) is 22.6 Å². The van der Waals surface area contributed by atoms with Gasteiger partial charge in [0.1, 0.15) is 5.82 Å². The largest absolute Gasteiger partial charge is 0.378 e. The molecule has 1 aliphatic heterocycles. The molecule has 26 heavy (non-hydrogen) atoms. The molecule has 0 aromatic heterocycles. The van der Waals surface area contributed by atoms with Gasteiger partial charge < -0.3 is 10.6 Å². The summed E-state index contributed by atoms with van der Waals surface area (Å²) >= 11 is 0. The van der Waals surface area contributed by atoms with E-state index in [-0.39, 0.29) is 11.9 Å². The van der Waals surface area contributed by atoms with E-state index >= 15 is 0 Å². The summed E-state index contributed by atoms with van der Waals surface area (Å²) in [5.41, 5.74) is 7.07. The van der Waals surface area contributed by atoms with Crippen molar-refractivity contribution in [2.24, 2.45) is 0 Å². The number of anilines is 1. The fourth-order valence-electron chi connectivity index (χ4n) is 3.56. The van der Waals surface area contributed by atoms with Gasteiger partial charge in [-0.3, -0.25) is 0 Å². The minimum Gasteiger partial charge on any atom is -0.378 e. The molecule has 2 N–H and O–H groups in total. The van der Waals surface area contributed by atoms with Crippen LogP contribution in [0.25, 0.3) is 5.70 Å². The molecule has 0 fully saturated rings. The van der Waals surface area contributed by atoms with E-state index in [1.54, 1.807) is 0 Å². The van der Waals surface area contributed by atoms with E-state index in [1.807, 2.05) is 45.0 Å². The molecule has 0 bridgehead atoms. The van der Waals surface area contributed by atoms with Crippen molar-refractivity contribution in [3.05, 3.63) is 95.0 Å². The van der Waals surface area contributed by atoms with Gasteiger partial charge in [0.15, 0.2) is 0 Å². The minimum atomic E-state index is -0.257. The molecule has 0 radical (unpaired) electrons. The van der Waals surface area contributed by atoms with E-state index in [1.165, 1.54) is 11.6 Å². The van der Waals surface area contributed by atoms with Crippen LogP contribution in [-0.4, -0.2) is 6.04 Å². The normalized spacial score (nSPS) is 16.0. The van der Waals surface area contributed by atoms with Crippen LogP contribution in [0.2, 0.25) is 0 Å². The Morgan fingerprint density at radius 3 is 2.62 bits per heavy atom. The van der Waals surface area contributed by atoms with Crippen molar-refractivity contribution in [2.75, 3.05) is 5.32 Å². The average Bonchev–Trinajstić information content (AvgIpc) is 3.02. The lowest BCUT2D eigenvalue weighted by molar-refractivity contribution is 0.620. The zero-order valence-electron chi connectivity index (χ0n) is 15.6. The lowest BCUT2D eigenvalue weighted by Gasteiger charge is -2.21. The number of allylic oxidation sites excluding steroid dienone is 1. The molecule has 0 aliphatic carbocycles. The van der Waals surface area contributed by atoms with Gasteiger partial charge in [-0.05, 0) is 61.6 Å². The van der Waals surface area contributed by atoms with E-state index in [0.717, 1.165) is 34.5 Å². The van der Waals surface area contributed by atoms with Gasteiger partial charge in [-0.15, -0.1) is 0 Å². The van der Waals surface area contributed by atoms with Crippen molar-refractivity contribution in [1.82, 2.24) is 5.32 Å². The van der Waals surface area contributed by atoms with E-state index in [2.05, 4.69) is 35.9 Å². The van der Waals surface area contributed by atoms with Crippen LogP contribution in [-0.2, 0) is 6.42 Å². The molecule has 3 heteroatoms. The molecule has 0 amide bonds. The maximum atomic E-state index is 14.4. The lowest BCUT2D eigenvalue weighted by atomic mass is 9.99. The fourth-order valence-corrected chi connectivity index (χ4v) is 3.56. The number of rotatable bonds is 5. The van der Waals surface area contributed by atoms with Gasteiger partial charge >= 0.3 is 0 Å². The first-order chi connectivity index (χ1) is 12.4. The summed E-state index contributed by atoms with van der Waals surface area (Å²) in [6.45, 7) is 14.1. The highest BCUT2D eigenvalue weighted by Gasteiger charge is 2.24. The Hall–Kier alpha value is -2.81. The molecule has 2 nitrogen and oxygen atoms in total. The Morgan fingerprint density at radius 2 is 1.96 bits per heavy atom. The number of fused-ring (bicyclic) bond motifs is 1. The number of halogens is 1. The summed E-state index contributed by atoms with van der Waals surface area (Å²) in [7, 11) is 0. The lowest BCUT2D eigenvalue weighted by Crippen LogP contribution is -2.25. The second-order valence-electron chi connectivity index (χ2n) is 6.83. The zero-order valence-corrected chi connectivity index (χ0v) is 15.6. The third-order valence-electron chi connectivity index (χ3n) is 4.85. The van der Waals surface area contributed by atoms with E-state index in [9.17, 15) is 4.39 Å². The number of hydrogen-bond donors (Lipinski definition) is 2. The highest BCUT2D eigenvalue weighted by molar-refractivity contribution is 5.69. The quantitative estimate of drug-likeness (QED) is 0.697. The molecule has 1 heterocycles. The number of nitrogens with one attached hydrogen (secondary N) is 2. The van der Waals surface area contributed by atoms with Gasteiger partial charge in [0.2, 0.25) is 0 Å². The van der Waals surface area contributed by atoms with Gasteiger partial charge in [0.25, 0.3) is 0 Å². The molecule has 0 saturated carbocycles. The number of hydrogen-bond acceptors (Lipinski definition) is 2. The van der Waals surface area contributed by atoms with Gasteiger partial charge in [-0.2, -0.15) is 0 Å². The van der Waals surface area contributed by atoms with Crippen molar-refractivity contribution < 1.29 is 4.39 Å². The second-order valence-corrected chi connectivity index (χ2v) is 6.83. The second kappa shape index (κ2) is 7.20. The summed E-state index contributed by atoms with van der Waals surface area (Å²) in [5, 5.41) is 6.78. The number of benzene rings is 2. The molecule has 1 unspecified atom stereocenters. The Labute approximate surface area is 155 Å². The monoisotopic (exact) mass is 348 g/mol. The Balaban J connectivity index is 1.77. The highest BCUT2D eigenvalue weighted by atomic mass is 19.1. The molecular formula is C23H25FN2. The third-order valence-corrected chi connectivity index (χ3v) is 4.85. The minimum absolute atomic E-state index is 0.114. The van der Waals surface area contributed by atoms with E-state index in [0.29, 0.717) is 11.3 Å². The summed E-state index contributed by atoms with van der Waals surface area (Å²) in [6.07, 6.45) is 2.85. The predicted octanol–water partition coefficient (Wildman–Crippen LogP) is 5.50. The average molecular weight is 348 g/mol. The van der Waals surface area contributed by atoms with Crippen LogP contribution in [0.3, 0.4) is 0 Å². The van der Waals surface area contributed by atoms with Crippen molar-refractivity contribution in [1.29, 1.82) is 0 Å². The maximum Gasteiger partial charge on any atom is 0.133 e. The van der Waals surface area contributed by atoms with Crippen LogP contribution in [0.4, 0.5) is 10.1 Å². The first-order valence-electron chi connectivity index (χ1n) is 8.83. The van der Waals surface area contributed by atoms with Crippen LogP contribution >= 0.6 is 0 Å². The van der Waals surface area contributed by atoms with Crippen molar-refractivity contribution in [3.63, 3.8) is 0 Å². The molecule has 0 spiro atoms. The highest BCUT2D eigenvalue weighted by Crippen LogP contribution is 2.31. The molecule has 1 aliphatic rings. The third kappa shape index (κ3) is 3.43. The molecular weight excluding hydrogens is 323 g/mol. The summed E-state index contributed by atoms with van der Waals surface area (Å²) in [5.74, 6) is -0.257. The van der Waals surface area contributed by atoms with Crippen LogP contribution in [0.5, 0.6) is 0 Å². The summed E-state index contributed by atoms with van der Waals surface area (Å²) in [6, 6.07) is 11.9. The summed E-state index contributed by atoms with van der Waals surface area (Å²) in [4.78, 5) is 0. The van der Waals surface area contributed by atoms with Crippen molar-refractivity contribution >= 4 is 11.4 Å². The van der Waals surface area contributed by atoms with Gasteiger partial charge in [-0.1, -0.05) is 43.5 Å². The van der Waals surface area contributed by atoms with E-state index < -0.39 is 0 Å². The topological polar surface area (TPSA) is 24.1 Å². The summed E-state index contributed by atoms with van der Waals surface area (Å²) < 4.78 is 14.4. The van der Waals surface area contributed by atoms with Gasteiger partial charge in [0.05, 0.1) is 6.04 Å². The molecule has 2 aromatic rings. The van der Waals surface area contributed by atoms with Crippen molar-refractivity contribution in [3.8, 4) is 0 Å².